The van der Waals surface area contributed by atoms with E-state index in [1.807, 2.05) is 0 Å². The number of carbonyl (C=O) groups excluding carboxylic acids is 1. The number of aliphatic hydroxyl groups is 1. The summed E-state index contributed by atoms with van der Waals surface area (Å²) in [4.78, 5) is 11.5. The van der Waals surface area contributed by atoms with Gasteiger partial charge in [0.25, 0.3) is 0 Å². The number of carbonyl (C=O) groups is 1. The molecule has 2 unspecified atom stereocenters. The lowest BCUT2D eigenvalue weighted by molar-refractivity contribution is -0.122. The summed E-state index contributed by atoms with van der Waals surface area (Å²) in [5, 5.41) is 12.3. The fourth-order valence-electron chi connectivity index (χ4n) is 2.52. The van der Waals surface area contributed by atoms with Crippen LogP contribution in [0.5, 0.6) is 0 Å². The van der Waals surface area contributed by atoms with Crippen molar-refractivity contribution >= 4 is 5.91 Å². The fourth-order valence-corrected chi connectivity index (χ4v) is 2.52. The molecule has 3 nitrogen and oxygen atoms in total. The van der Waals surface area contributed by atoms with Gasteiger partial charge in [0.15, 0.2) is 0 Å². The van der Waals surface area contributed by atoms with Crippen LogP contribution < -0.4 is 5.32 Å². The van der Waals surface area contributed by atoms with Crippen LogP contribution in [0.4, 0.5) is 0 Å². The van der Waals surface area contributed by atoms with Crippen LogP contribution in [0.25, 0.3) is 0 Å². The molecule has 0 radical (unpaired) electrons. The first kappa shape index (κ1) is 10.9. The fraction of sp³-hybridized carbons (Fsp3) is 0.917. The SMILES string of the molecule is O=C(CC1CCC1)NCC1CCC(O)C1. The maximum atomic E-state index is 11.5. The summed E-state index contributed by atoms with van der Waals surface area (Å²) in [6.07, 6.45) is 7.18. The molecular formula is C12H21NO2. The third kappa shape index (κ3) is 3.20. The van der Waals surface area contributed by atoms with Crippen LogP contribution in [0.3, 0.4) is 0 Å². The van der Waals surface area contributed by atoms with Gasteiger partial charge >= 0.3 is 0 Å². The minimum atomic E-state index is -0.126. The van der Waals surface area contributed by atoms with Gasteiger partial charge in [-0.25, -0.2) is 0 Å². The van der Waals surface area contributed by atoms with Gasteiger partial charge in [-0.2, -0.15) is 0 Å². The minimum absolute atomic E-state index is 0.126. The standard InChI is InChI=1S/C12H21NO2/c14-11-5-4-10(6-11)8-13-12(15)7-9-2-1-3-9/h9-11,14H,1-8H2,(H,13,15). The van der Waals surface area contributed by atoms with Crippen LogP contribution in [-0.2, 0) is 4.79 Å². The average molecular weight is 211 g/mol. The molecule has 0 heterocycles. The largest absolute Gasteiger partial charge is 0.393 e. The van der Waals surface area contributed by atoms with Crippen molar-refractivity contribution in [1.82, 2.24) is 5.32 Å². The Hall–Kier alpha value is -0.570. The van der Waals surface area contributed by atoms with Crippen molar-refractivity contribution < 1.29 is 9.90 Å². The topological polar surface area (TPSA) is 49.3 Å². The van der Waals surface area contributed by atoms with Gasteiger partial charge in [-0.15, -0.1) is 0 Å². The summed E-state index contributed by atoms with van der Waals surface area (Å²) in [5.41, 5.74) is 0. The monoisotopic (exact) mass is 211 g/mol. The molecule has 2 rings (SSSR count). The molecule has 2 atom stereocenters. The van der Waals surface area contributed by atoms with Gasteiger partial charge in [0.05, 0.1) is 6.10 Å². The molecular weight excluding hydrogens is 190 g/mol. The van der Waals surface area contributed by atoms with Crippen LogP contribution >= 0.6 is 0 Å². The molecule has 0 spiro atoms. The normalized spacial score (nSPS) is 31.3. The molecule has 1 amide bonds. The van der Waals surface area contributed by atoms with Crippen molar-refractivity contribution in [1.29, 1.82) is 0 Å². The highest BCUT2D eigenvalue weighted by molar-refractivity contribution is 5.76. The first-order valence-electron chi connectivity index (χ1n) is 6.19. The highest BCUT2D eigenvalue weighted by atomic mass is 16.3. The summed E-state index contributed by atoms with van der Waals surface area (Å²) in [6.45, 7) is 0.766. The minimum Gasteiger partial charge on any atom is -0.393 e. The number of amides is 1. The molecule has 0 aromatic carbocycles. The van der Waals surface area contributed by atoms with Crippen LogP contribution in [0.2, 0.25) is 0 Å². The molecule has 0 aliphatic heterocycles. The summed E-state index contributed by atoms with van der Waals surface area (Å²) >= 11 is 0. The van der Waals surface area contributed by atoms with Gasteiger partial charge in [0.1, 0.15) is 0 Å². The Kier molecular flexibility index (Phi) is 3.62. The zero-order chi connectivity index (χ0) is 10.7. The molecule has 2 N–H and O–H groups in total. The Labute approximate surface area is 91.2 Å². The lowest BCUT2D eigenvalue weighted by Crippen LogP contribution is -2.31. The lowest BCUT2D eigenvalue weighted by atomic mass is 9.83. The second kappa shape index (κ2) is 4.97. The Morgan fingerprint density at radius 3 is 2.53 bits per heavy atom. The molecule has 0 aromatic rings. The molecule has 0 aromatic heterocycles. The van der Waals surface area contributed by atoms with E-state index in [0.717, 1.165) is 32.2 Å². The molecule has 2 aliphatic rings. The van der Waals surface area contributed by atoms with Crippen molar-refractivity contribution in [3.63, 3.8) is 0 Å². The van der Waals surface area contributed by atoms with E-state index >= 15 is 0 Å². The molecule has 15 heavy (non-hydrogen) atoms. The van der Waals surface area contributed by atoms with E-state index in [4.69, 9.17) is 0 Å². The molecule has 0 saturated heterocycles. The Morgan fingerprint density at radius 1 is 1.20 bits per heavy atom. The predicted molar refractivity (Wildman–Crippen MR) is 58.3 cm³/mol. The summed E-state index contributed by atoms with van der Waals surface area (Å²) in [6, 6.07) is 0. The van der Waals surface area contributed by atoms with Crippen LogP contribution in [0.1, 0.15) is 44.9 Å². The molecule has 2 saturated carbocycles. The zero-order valence-electron chi connectivity index (χ0n) is 9.24. The van der Waals surface area contributed by atoms with E-state index in [1.165, 1.54) is 19.3 Å². The van der Waals surface area contributed by atoms with Crippen molar-refractivity contribution in [3.05, 3.63) is 0 Å². The zero-order valence-corrected chi connectivity index (χ0v) is 9.24. The Morgan fingerprint density at radius 2 is 2.00 bits per heavy atom. The van der Waals surface area contributed by atoms with Crippen molar-refractivity contribution in [2.75, 3.05) is 6.54 Å². The van der Waals surface area contributed by atoms with Crippen molar-refractivity contribution in [2.24, 2.45) is 11.8 Å². The predicted octanol–water partition coefficient (Wildman–Crippen LogP) is 1.45. The van der Waals surface area contributed by atoms with E-state index in [0.29, 0.717) is 11.8 Å². The number of rotatable bonds is 4. The number of nitrogens with one attached hydrogen (secondary N) is 1. The molecule has 2 aliphatic carbocycles. The van der Waals surface area contributed by atoms with E-state index in [-0.39, 0.29) is 12.0 Å². The number of hydrogen-bond acceptors (Lipinski definition) is 2. The molecule has 0 bridgehead atoms. The Balaban J connectivity index is 1.58. The van der Waals surface area contributed by atoms with Gasteiger partial charge in [0, 0.05) is 13.0 Å². The highest BCUT2D eigenvalue weighted by Gasteiger charge is 2.24. The average Bonchev–Trinajstić information content (AvgIpc) is 2.55. The summed E-state index contributed by atoms with van der Waals surface area (Å²) in [5.74, 6) is 1.37. The maximum absolute atomic E-state index is 11.5. The maximum Gasteiger partial charge on any atom is 0.220 e. The highest BCUT2D eigenvalue weighted by Crippen LogP contribution is 2.29. The lowest BCUT2D eigenvalue weighted by Gasteiger charge is -2.24. The third-order valence-corrected chi connectivity index (χ3v) is 3.80. The second-order valence-corrected chi connectivity index (χ2v) is 5.14. The van der Waals surface area contributed by atoms with E-state index in [9.17, 15) is 9.90 Å². The van der Waals surface area contributed by atoms with Gasteiger partial charge in [-0.1, -0.05) is 6.42 Å². The van der Waals surface area contributed by atoms with E-state index < -0.39 is 0 Å². The quantitative estimate of drug-likeness (QED) is 0.739. The summed E-state index contributed by atoms with van der Waals surface area (Å²) < 4.78 is 0. The van der Waals surface area contributed by atoms with Gasteiger partial charge in [-0.3, -0.25) is 4.79 Å². The number of hydrogen-bond donors (Lipinski definition) is 2. The van der Waals surface area contributed by atoms with Crippen molar-refractivity contribution in [2.45, 2.75) is 51.0 Å². The smallest absolute Gasteiger partial charge is 0.220 e. The molecule has 2 fully saturated rings. The second-order valence-electron chi connectivity index (χ2n) is 5.14. The third-order valence-electron chi connectivity index (χ3n) is 3.80. The van der Waals surface area contributed by atoms with E-state index in [1.54, 1.807) is 0 Å². The molecule has 86 valence electrons. The van der Waals surface area contributed by atoms with Crippen LogP contribution in [-0.4, -0.2) is 23.7 Å². The first-order chi connectivity index (χ1) is 7.24. The Bertz CT molecular complexity index is 226. The van der Waals surface area contributed by atoms with Crippen LogP contribution in [0, 0.1) is 11.8 Å². The first-order valence-corrected chi connectivity index (χ1v) is 6.19. The van der Waals surface area contributed by atoms with Crippen LogP contribution in [0.15, 0.2) is 0 Å². The van der Waals surface area contributed by atoms with Gasteiger partial charge in [-0.05, 0) is 43.9 Å². The van der Waals surface area contributed by atoms with Gasteiger partial charge < -0.3 is 10.4 Å². The van der Waals surface area contributed by atoms with E-state index in [2.05, 4.69) is 5.32 Å². The van der Waals surface area contributed by atoms with Gasteiger partial charge in [0.2, 0.25) is 5.91 Å². The summed E-state index contributed by atoms with van der Waals surface area (Å²) in [7, 11) is 0. The number of aliphatic hydroxyl groups excluding tert-OH is 1. The van der Waals surface area contributed by atoms with Crippen molar-refractivity contribution in [3.8, 4) is 0 Å². The molecule has 3 heteroatoms.